The first-order chi connectivity index (χ1) is 17.4. The number of halogens is 6. The van der Waals surface area contributed by atoms with Gasteiger partial charge in [-0.15, -0.1) is 11.3 Å². The summed E-state index contributed by atoms with van der Waals surface area (Å²) in [5.74, 6) is 5.38. The van der Waals surface area contributed by atoms with Crippen molar-refractivity contribution in [2.45, 2.75) is 42.9 Å². The van der Waals surface area contributed by atoms with Gasteiger partial charge in [0.2, 0.25) is 0 Å². The Morgan fingerprint density at radius 2 is 1.58 bits per heavy atom. The van der Waals surface area contributed by atoms with Gasteiger partial charge in [0.05, 0.1) is 27.9 Å². The Morgan fingerprint density at radius 3 is 2.16 bits per heavy atom. The molecule has 0 radical (unpaired) electrons. The molecule has 3 aromatic heterocycles. The molecule has 4 aromatic rings. The molecule has 14 heteroatoms. The van der Waals surface area contributed by atoms with Crippen LogP contribution in [0, 0.1) is 11.8 Å². The number of benzene rings is 1. The van der Waals surface area contributed by atoms with E-state index in [-0.39, 0.29) is 26.7 Å². The van der Waals surface area contributed by atoms with Gasteiger partial charge in [-0.05, 0) is 51.1 Å². The number of hydrogen-bond acceptors (Lipinski definition) is 5. The Hall–Kier alpha value is -3.41. The van der Waals surface area contributed by atoms with E-state index in [0.717, 1.165) is 41.8 Å². The van der Waals surface area contributed by atoms with E-state index in [0.29, 0.717) is 15.5 Å². The highest BCUT2D eigenvalue weighted by Gasteiger charge is 2.36. The molecule has 0 fully saturated rings. The molecular weight excluding hydrogens is 554 g/mol. The van der Waals surface area contributed by atoms with Crippen LogP contribution < -0.4 is 4.72 Å². The number of sulfonamides is 1. The van der Waals surface area contributed by atoms with Gasteiger partial charge in [0, 0.05) is 11.1 Å². The van der Waals surface area contributed by atoms with Crippen molar-refractivity contribution in [2.75, 3.05) is 0 Å². The van der Waals surface area contributed by atoms with Gasteiger partial charge in [-0.2, -0.15) is 31.4 Å². The lowest BCUT2D eigenvalue weighted by atomic mass is 10.1. The quantitative estimate of drug-likeness (QED) is 0.242. The highest BCUT2D eigenvalue weighted by atomic mass is 32.2. The normalized spacial score (nSPS) is 13.0. The van der Waals surface area contributed by atoms with Gasteiger partial charge in [0.15, 0.2) is 11.3 Å². The zero-order valence-electron chi connectivity index (χ0n) is 19.9. The molecule has 1 aromatic carbocycles. The molecule has 0 aliphatic heterocycles. The first-order valence-corrected chi connectivity index (χ1v) is 13.0. The van der Waals surface area contributed by atoms with E-state index in [4.69, 9.17) is 0 Å². The number of aromatic nitrogens is 3. The van der Waals surface area contributed by atoms with Crippen LogP contribution in [-0.4, -0.2) is 28.6 Å². The van der Waals surface area contributed by atoms with Crippen LogP contribution in [-0.2, 0) is 22.4 Å². The summed E-state index contributed by atoms with van der Waals surface area (Å²) in [5, 5.41) is 3.74. The number of thiophene rings is 1. The Morgan fingerprint density at radius 1 is 0.921 bits per heavy atom. The maximum atomic E-state index is 13.8. The van der Waals surface area contributed by atoms with E-state index in [2.05, 4.69) is 26.6 Å². The van der Waals surface area contributed by atoms with Crippen molar-refractivity contribution in [3.05, 3.63) is 70.4 Å². The average Bonchev–Trinajstić information content (AvgIpc) is 3.42. The number of hydrogen-bond donors (Lipinski definition) is 1. The fourth-order valence-corrected chi connectivity index (χ4v) is 5.92. The second kappa shape index (κ2) is 9.40. The first kappa shape index (κ1) is 27.6. The van der Waals surface area contributed by atoms with Crippen LogP contribution in [0.1, 0.15) is 42.5 Å². The largest absolute Gasteiger partial charge is 0.433 e. The van der Waals surface area contributed by atoms with Crippen molar-refractivity contribution < 1.29 is 34.8 Å². The number of nitrogens with zero attached hydrogens (tertiary/aromatic N) is 3. The van der Waals surface area contributed by atoms with E-state index in [1.165, 1.54) is 12.1 Å². The lowest BCUT2D eigenvalue weighted by Gasteiger charge is -2.19. The van der Waals surface area contributed by atoms with E-state index < -0.39 is 39.2 Å². The van der Waals surface area contributed by atoms with Gasteiger partial charge < -0.3 is 0 Å². The van der Waals surface area contributed by atoms with Crippen LogP contribution in [0.15, 0.2) is 52.9 Å². The molecule has 0 unspecified atom stereocenters. The summed E-state index contributed by atoms with van der Waals surface area (Å²) in [6.07, 6.45) is -8.38. The van der Waals surface area contributed by atoms with E-state index in [9.17, 15) is 34.8 Å². The summed E-state index contributed by atoms with van der Waals surface area (Å²) in [7, 11) is -3.80. The fraction of sp³-hybridized carbons (Fsp3) is 0.250. The van der Waals surface area contributed by atoms with E-state index >= 15 is 0 Å². The first-order valence-electron chi connectivity index (χ1n) is 10.7. The molecule has 0 saturated heterocycles. The van der Waals surface area contributed by atoms with Crippen molar-refractivity contribution in [3.8, 4) is 23.1 Å². The molecule has 1 N–H and O–H groups in total. The van der Waals surface area contributed by atoms with Crippen molar-refractivity contribution in [1.82, 2.24) is 19.3 Å². The third-order valence-corrected chi connectivity index (χ3v) is 8.13. The number of nitrogens with one attached hydrogen (secondary N) is 1. The van der Waals surface area contributed by atoms with Gasteiger partial charge in [-0.1, -0.05) is 24.0 Å². The molecule has 3 heterocycles. The zero-order chi connectivity index (χ0) is 28.1. The predicted molar refractivity (Wildman–Crippen MR) is 129 cm³/mol. The second-order valence-corrected chi connectivity index (χ2v) is 12.1. The Labute approximate surface area is 217 Å². The summed E-state index contributed by atoms with van der Waals surface area (Å²) in [4.78, 5) is 4.51. The summed E-state index contributed by atoms with van der Waals surface area (Å²) in [6, 6.07) is 7.08. The Balaban J connectivity index is 1.76. The lowest BCUT2D eigenvalue weighted by molar-refractivity contribution is -0.142. The van der Waals surface area contributed by atoms with Crippen LogP contribution in [0.4, 0.5) is 26.3 Å². The minimum Gasteiger partial charge on any atom is -0.227 e. The van der Waals surface area contributed by atoms with Gasteiger partial charge in [0.25, 0.3) is 10.0 Å². The maximum absolute atomic E-state index is 13.8. The second-order valence-electron chi connectivity index (χ2n) is 9.12. The minimum atomic E-state index is -4.85. The summed E-state index contributed by atoms with van der Waals surface area (Å²) in [5.41, 5.74) is -3.30. The van der Waals surface area contributed by atoms with E-state index in [1.807, 2.05) is 0 Å². The molecule has 0 aliphatic rings. The molecule has 0 atom stereocenters. The van der Waals surface area contributed by atoms with Crippen molar-refractivity contribution in [2.24, 2.45) is 0 Å². The third kappa shape index (κ3) is 6.01. The van der Waals surface area contributed by atoms with Gasteiger partial charge >= 0.3 is 12.4 Å². The van der Waals surface area contributed by atoms with Crippen LogP contribution in [0.3, 0.4) is 0 Å². The summed E-state index contributed by atoms with van der Waals surface area (Å²) >= 11 is 0.875. The summed E-state index contributed by atoms with van der Waals surface area (Å²) < 4.78 is 108. The SMILES string of the molecule is CC(C)(C)NS(=O)(=O)c1ccc(C#Cc2cnn3c(C(F)(F)F)cc(-c4ccc(C(F)(F)F)cc4)nc23)s1. The van der Waals surface area contributed by atoms with Crippen LogP contribution in [0.25, 0.3) is 16.9 Å². The molecule has 0 aliphatic carbocycles. The Kier molecular flexibility index (Phi) is 6.84. The highest BCUT2D eigenvalue weighted by Crippen LogP contribution is 2.34. The number of fused-ring (bicyclic) bond motifs is 1. The number of rotatable bonds is 3. The smallest absolute Gasteiger partial charge is 0.227 e. The molecule has 4 rings (SSSR count). The molecule has 0 saturated carbocycles. The third-order valence-electron chi connectivity index (χ3n) is 4.88. The van der Waals surface area contributed by atoms with Crippen molar-refractivity contribution in [3.63, 3.8) is 0 Å². The van der Waals surface area contributed by atoms with Gasteiger partial charge in [-0.3, -0.25) is 0 Å². The van der Waals surface area contributed by atoms with Crippen molar-refractivity contribution in [1.29, 1.82) is 0 Å². The molecule has 6 nitrogen and oxygen atoms in total. The Bertz CT molecular complexity index is 1670. The molecular formula is C24H18F6N4O2S2. The highest BCUT2D eigenvalue weighted by molar-refractivity contribution is 7.91. The van der Waals surface area contributed by atoms with Crippen LogP contribution in [0.2, 0.25) is 0 Å². The molecule has 0 amide bonds. The number of alkyl halides is 6. The molecule has 38 heavy (non-hydrogen) atoms. The van der Waals surface area contributed by atoms with Crippen molar-refractivity contribution >= 4 is 27.0 Å². The van der Waals surface area contributed by atoms with Crippen LogP contribution in [0.5, 0.6) is 0 Å². The maximum Gasteiger partial charge on any atom is 0.433 e. The zero-order valence-corrected chi connectivity index (χ0v) is 21.5. The average molecular weight is 573 g/mol. The van der Waals surface area contributed by atoms with E-state index in [1.54, 1.807) is 20.8 Å². The summed E-state index contributed by atoms with van der Waals surface area (Å²) in [6.45, 7) is 5.06. The standard InChI is InChI=1S/C24H18F6N4O2S2/c1-22(2,3)33-38(35,36)20-11-10-17(37-20)9-6-15-13-31-34-19(24(28,29)30)12-18(32-21(15)34)14-4-7-16(8-5-14)23(25,26)27/h4-5,7-8,10-13,33H,1-3H3. The molecule has 0 spiro atoms. The topological polar surface area (TPSA) is 76.4 Å². The lowest BCUT2D eigenvalue weighted by Crippen LogP contribution is -2.40. The van der Waals surface area contributed by atoms with Gasteiger partial charge in [-0.25, -0.2) is 22.6 Å². The molecule has 0 bridgehead atoms. The van der Waals surface area contributed by atoms with Gasteiger partial charge in [0.1, 0.15) is 4.21 Å². The minimum absolute atomic E-state index is 0.00915. The predicted octanol–water partition coefficient (Wildman–Crippen LogP) is 5.97. The fourth-order valence-electron chi connectivity index (χ4n) is 3.34. The molecule has 200 valence electrons. The monoisotopic (exact) mass is 572 g/mol. The van der Waals surface area contributed by atoms with Crippen LogP contribution >= 0.6 is 11.3 Å².